The van der Waals surface area contributed by atoms with E-state index >= 15 is 0 Å². The molecule has 3 heteroatoms. The molecule has 0 radical (unpaired) electrons. The van der Waals surface area contributed by atoms with E-state index in [0.29, 0.717) is 13.0 Å². The highest BCUT2D eigenvalue weighted by molar-refractivity contribution is 5.80. The first kappa shape index (κ1) is 15.2. The van der Waals surface area contributed by atoms with Crippen LogP contribution < -0.4 is 0 Å². The molecule has 1 atom stereocenters. The van der Waals surface area contributed by atoms with Crippen LogP contribution in [0.5, 0.6) is 0 Å². The third-order valence-electron chi connectivity index (χ3n) is 3.82. The highest BCUT2D eigenvalue weighted by atomic mass is 16.2. The summed E-state index contributed by atoms with van der Waals surface area (Å²) in [6, 6.07) is 6.21. The lowest BCUT2D eigenvalue weighted by Crippen LogP contribution is -2.31. The first-order chi connectivity index (χ1) is 8.92. The molecule has 102 valence electrons. The fourth-order valence-electron chi connectivity index (χ4n) is 2.10. The molecule has 1 amide bonds. The van der Waals surface area contributed by atoms with E-state index in [-0.39, 0.29) is 5.91 Å². The molecule has 0 saturated heterocycles. The van der Waals surface area contributed by atoms with E-state index in [1.165, 1.54) is 16.7 Å². The summed E-state index contributed by atoms with van der Waals surface area (Å²) in [6.45, 7) is 8.69. The van der Waals surface area contributed by atoms with Gasteiger partial charge in [0.2, 0.25) is 5.91 Å². The van der Waals surface area contributed by atoms with Gasteiger partial charge in [-0.1, -0.05) is 19.1 Å². The molecule has 0 bridgehead atoms. The second-order valence-corrected chi connectivity index (χ2v) is 5.08. The number of amides is 1. The van der Waals surface area contributed by atoms with Gasteiger partial charge in [0, 0.05) is 13.6 Å². The van der Waals surface area contributed by atoms with Gasteiger partial charge in [-0.15, -0.1) is 0 Å². The van der Waals surface area contributed by atoms with Crippen LogP contribution in [-0.4, -0.2) is 17.9 Å². The van der Waals surface area contributed by atoms with Crippen LogP contribution in [0.25, 0.3) is 0 Å². The lowest BCUT2D eigenvalue weighted by atomic mass is 9.98. The van der Waals surface area contributed by atoms with Crippen molar-refractivity contribution in [3.63, 3.8) is 0 Å². The standard InChI is InChI=1S/C16H22N2O/c1-6-14(9-17)16(19)18(5)10-15-8-7-11(2)12(3)13(15)4/h7-8,14H,6,10H2,1-5H3. The van der Waals surface area contributed by atoms with Gasteiger partial charge in [-0.2, -0.15) is 5.26 Å². The second-order valence-electron chi connectivity index (χ2n) is 5.08. The number of rotatable bonds is 4. The maximum atomic E-state index is 12.1. The van der Waals surface area contributed by atoms with Gasteiger partial charge < -0.3 is 4.90 Å². The Hall–Kier alpha value is -1.82. The molecule has 19 heavy (non-hydrogen) atoms. The van der Waals surface area contributed by atoms with Gasteiger partial charge in [0.25, 0.3) is 0 Å². The van der Waals surface area contributed by atoms with Crippen LogP contribution in [0.4, 0.5) is 0 Å². The van der Waals surface area contributed by atoms with Crippen molar-refractivity contribution < 1.29 is 4.79 Å². The van der Waals surface area contributed by atoms with Crippen LogP contribution in [0.1, 0.15) is 35.6 Å². The predicted molar refractivity (Wildman–Crippen MR) is 76.5 cm³/mol. The van der Waals surface area contributed by atoms with E-state index in [4.69, 9.17) is 5.26 Å². The first-order valence-corrected chi connectivity index (χ1v) is 6.62. The average molecular weight is 258 g/mol. The molecule has 1 rings (SSSR count). The highest BCUT2D eigenvalue weighted by Crippen LogP contribution is 2.19. The number of carbonyl (C=O) groups excluding carboxylic acids is 1. The van der Waals surface area contributed by atoms with Crippen molar-refractivity contribution in [2.75, 3.05) is 7.05 Å². The summed E-state index contributed by atoms with van der Waals surface area (Å²) >= 11 is 0. The Labute approximate surface area is 115 Å². The molecule has 0 heterocycles. The predicted octanol–water partition coefficient (Wildman–Crippen LogP) is 3.12. The van der Waals surface area contributed by atoms with E-state index in [9.17, 15) is 4.79 Å². The molecule has 1 aromatic carbocycles. The fraction of sp³-hybridized carbons (Fsp3) is 0.500. The Morgan fingerprint density at radius 1 is 1.32 bits per heavy atom. The van der Waals surface area contributed by atoms with Crippen molar-refractivity contribution in [3.8, 4) is 6.07 Å². The summed E-state index contributed by atoms with van der Waals surface area (Å²) in [6.07, 6.45) is 0.561. The molecule has 1 unspecified atom stereocenters. The highest BCUT2D eigenvalue weighted by Gasteiger charge is 2.20. The number of hydrogen-bond donors (Lipinski definition) is 0. The maximum absolute atomic E-state index is 12.1. The van der Waals surface area contributed by atoms with Crippen molar-refractivity contribution in [1.82, 2.24) is 4.90 Å². The molecule has 0 aliphatic rings. The van der Waals surface area contributed by atoms with Crippen molar-refractivity contribution in [2.45, 2.75) is 40.7 Å². The molecular formula is C16H22N2O. The zero-order valence-corrected chi connectivity index (χ0v) is 12.4. The number of aryl methyl sites for hydroxylation is 1. The molecule has 0 aliphatic heterocycles. The molecule has 0 aliphatic carbocycles. The third-order valence-corrected chi connectivity index (χ3v) is 3.82. The Morgan fingerprint density at radius 2 is 1.95 bits per heavy atom. The van der Waals surface area contributed by atoms with Gasteiger partial charge in [0.1, 0.15) is 5.92 Å². The summed E-state index contributed by atoms with van der Waals surface area (Å²) < 4.78 is 0. The molecule has 0 fully saturated rings. The number of nitrogens with zero attached hydrogens (tertiary/aromatic N) is 2. The van der Waals surface area contributed by atoms with E-state index < -0.39 is 5.92 Å². The number of benzene rings is 1. The smallest absolute Gasteiger partial charge is 0.239 e. The minimum absolute atomic E-state index is 0.0948. The van der Waals surface area contributed by atoms with Gasteiger partial charge >= 0.3 is 0 Å². The van der Waals surface area contributed by atoms with Crippen molar-refractivity contribution in [1.29, 1.82) is 5.26 Å². The second kappa shape index (κ2) is 6.38. The van der Waals surface area contributed by atoms with E-state index in [1.807, 2.05) is 6.92 Å². The fourth-order valence-corrected chi connectivity index (χ4v) is 2.10. The first-order valence-electron chi connectivity index (χ1n) is 6.62. The lowest BCUT2D eigenvalue weighted by Gasteiger charge is -2.21. The van der Waals surface area contributed by atoms with Gasteiger partial charge in [0.05, 0.1) is 6.07 Å². The Bertz CT molecular complexity index is 514. The largest absolute Gasteiger partial charge is 0.340 e. The van der Waals surface area contributed by atoms with Crippen LogP contribution in [0.15, 0.2) is 12.1 Å². The lowest BCUT2D eigenvalue weighted by molar-refractivity contribution is -0.133. The molecule has 3 nitrogen and oxygen atoms in total. The monoisotopic (exact) mass is 258 g/mol. The van der Waals surface area contributed by atoms with Crippen LogP contribution in [0, 0.1) is 38.0 Å². The Balaban J connectivity index is 2.89. The van der Waals surface area contributed by atoms with Crippen LogP contribution in [0.3, 0.4) is 0 Å². The summed E-state index contributed by atoms with van der Waals surface area (Å²) in [5, 5.41) is 8.95. The molecule has 1 aromatic rings. The SMILES string of the molecule is CCC(C#N)C(=O)N(C)Cc1ccc(C)c(C)c1C. The summed E-state index contributed by atoms with van der Waals surface area (Å²) in [5.74, 6) is -0.625. The summed E-state index contributed by atoms with van der Waals surface area (Å²) in [5.41, 5.74) is 4.90. The van der Waals surface area contributed by atoms with Crippen molar-refractivity contribution in [2.24, 2.45) is 5.92 Å². The van der Waals surface area contributed by atoms with E-state index in [2.05, 4.69) is 39.0 Å². The molecule has 0 aromatic heterocycles. The number of hydrogen-bond acceptors (Lipinski definition) is 2. The average Bonchev–Trinajstić information content (AvgIpc) is 2.40. The van der Waals surface area contributed by atoms with Gasteiger partial charge in [-0.25, -0.2) is 0 Å². The van der Waals surface area contributed by atoms with Gasteiger partial charge in [-0.05, 0) is 49.4 Å². The Morgan fingerprint density at radius 3 is 2.47 bits per heavy atom. The summed E-state index contributed by atoms with van der Waals surface area (Å²) in [7, 11) is 1.76. The number of nitriles is 1. The summed E-state index contributed by atoms with van der Waals surface area (Å²) in [4.78, 5) is 13.7. The van der Waals surface area contributed by atoms with Crippen molar-refractivity contribution >= 4 is 5.91 Å². The molecule has 0 spiro atoms. The third kappa shape index (κ3) is 3.35. The van der Waals surface area contributed by atoms with E-state index in [0.717, 1.165) is 5.56 Å². The van der Waals surface area contributed by atoms with E-state index in [1.54, 1.807) is 11.9 Å². The molecular weight excluding hydrogens is 236 g/mol. The maximum Gasteiger partial charge on any atom is 0.239 e. The van der Waals surface area contributed by atoms with Crippen LogP contribution in [-0.2, 0) is 11.3 Å². The van der Waals surface area contributed by atoms with Crippen molar-refractivity contribution in [3.05, 3.63) is 34.4 Å². The topological polar surface area (TPSA) is 44.1 Å². The minimum Gasteiger partial charge on any atom is -0.340 e. The number of carbonyl (C=O) groups is 1. The van der Waals surface area contributed by atoms with Crippen LogP contribution in [0.2, 0.25) is 0 Å². The Kier molecular flexibility index (Phi) is 5.11. The normalized spacial score (nSPS) is 11.8. The molecule has 0 N–H and O–H groups in total. The van der Waals surface area contributed by atoms with Gasteiger partial charge in [-0.3, -0.25) is 4.79 Å². The zero-order valence-electron chi connectivity index (χ0n) is 12.4. The van der Waals surface area contributed by atoms with Crippen LogP contribution >= 0.6 is 0 Å². The molecule has 0 saturated carbocycles. The zero-order chi connectivity index (χ0) is 14.6. The van der Waals surface area contributed by atoms with Gasteiger partial charge in [0.15, 0.2) is 0 Å². The minimum atomic E-state index is -0.531. The quantitative estimate of drug-likeness (QED) is 0.833.